The van der Waals surface area contributed by atoms with Crippen molar-refractivity contribution in [3.8, 4) is 45.9 Å². The number of esters is 1. The number of anilines is 1. The summed E-state index contributed by atoms with van der Waals surface area (Å²) in [7, 11) is 0. The quantitative estimate of drug-likeness (QED) is 0.0242. The Morgan fingerprint density at radius 3 is 1.44 bits per heavy atom. The summed E-state index contributed by atoms with van der Waals surface area (Å²) < 4.78 is 37.7. The van der Waals surface area contributed by atoms with Gasteiger partial charge >= 0.3 is 5.97 Å². The summed E-state index contributed by atoms with van der Waals surface area (Å²) in [6, 6.07) is 18.9. The number of unbranched alkanes of at least 4 members (excludes halogenated alkanes) is 27. The van der Waals surface area contributed by atoms with E-state index in [0.717, 1.165) is 55.3 Å². The van der Waals surface area contributed by atoms with Gasteiger partial charge in [-0.1, -0.05) is 206 Å². The number of benzene rings is 3. The van der Waals surface area contributed by atoms with Gasteiger partial charge in [0.15, 0.2) is 18.2 Å². The van der Waals surface area contributed by atoms with Crippen molar-refractivity contribution in [1.29, 1.82) is 0 Å². The van der Waals surface area contributed by atoms with Crippen LogP contribution in [-0.4, -0.2) is 48.6 Å². The molecule has 0 amide bonds. The van der Waals surface area contributed by atoms with E-state index in [1.54, 1.807) is 23.2 Å². The van der Waals surface area contributed by atoms with Crippen LogP contribution in [0.4, 0.5) is 5.69 Å². The van der Waals surface area contributed by atoms with E-state index in [1.807, 2.05) is 42.5 Å². The number of hydrogen-bond acceptors (Lipinski definition) is 11. The molecule has 11 nitrogen and oxygen atoms in total. The molecule has 0 N–H and O–H groups in total. The molecule has 0 bridgehead atoms. The highest BCUT2D eigenvalue weighted by Gasteiger charge is 2.23. The summed E-state index contributed by atoms with van der Waals surface area (Å²) in [5, 5.41) is 15.6. The van der Waals surface area contributed by atoms with Crippen LogP contribution in [0.3, 0.4) is 0 Å². The van der Waals surface area contributed by atoms with E-state index in [1.165, 1.54) is 161 Å². The number of ether oxygens (including phenoxy) is 5. The van der Waals surface area contributed by atoms with Crippen molar-refractivity contribution in [2.75, 3.05) is 31.6 Å². The van der Waals surface area contributed by atoms with Gasteiger partial charge in [0.1, 0.15) is 5.75 Å². The van der Waals surface area contributed by atoms with Crippen LogP contribution in [-0.2, 0) is 9.53 Å². The van der Waals surface area contributed by atoms with E-state index in [2.05, 4.69) is 31.0 Å². The van der Waals surface area contributed by atoms with Crippen LogP contribution in [0, 0.1) is 0 Å². The fourth-order valence-electron chi connectivity index (χ4n) is 9.04. The Balaban J connectivity index is 1.29. The maximum atomic E-state index is 11.5. The second-order valence-corrected chi connectivity index (χ2v) is 19.6. The molecular weight excluding hydrogens is 889 g/mol. The van der Waals surface area contributed by atoms with E-state index < -0.39 is 0 Å². The molecule has 0 aliphatic carbocycles. The van der Waals surface area contributed by atoms with E-state index in [-0.39, 0.29) is 12.7 Å². The van der Waals surface area contributed by atoms with Crippen molar-refractivity contribution in [3.63, 3.8) is 0 Å². The lowest BCUT2D eigenvalue weighted by Gasteiger charge is -2.18. The van der Waals surface area contributed by atoms with Crippen LogP contribution in [0.1, 0.15) is 226 Å². The van der Waals surface area contributed by atoms with Gasteiger partial charge in [0, 0.05) is 23.6 Å². The lowest BCUT2D eigenvalue weighted by Crippen LogP contribution is -2.12. The first kappa shape index (κ1) is 56.8. The normalized spacial score (nSPS) is 12.3. The monoisotopic (exact) mass is 979 g/mol. The lowest BCUT2D eigenvalue weighted by molar-refractivity contribution is -0.131. The van der Waals surface area contributed by atoms with Gasteiger partial charge in [0.25, 0.3) is 0 Å². The third kappa shape index (κ3) is 22.1. The van der Waals surface area contributed by atoms with Gasteiger partial charge < -0.3 is 28.1 Å². The van der Waals surface area contributed by atoms with Gasteiger partial charge in [-0.05, 0) is 67.8 Å². The molecule has 1 aliphatic heterocycles. The number of hydrogen-bond donors (Lipinski definition) is 0. The van der Waals surface area contributed by atoms with Crippen LogP contribution >= 0.6 is 0 Å². The first-order chi connectivity index (χ1) is 35.0. The Kier molecular flexibility index (Phi) is 28.1. The summed E-state index contributed by atoms with van der Waals surface area (Å²) in [4.78, 5) is 11.5. The lowest BCUT2D eigenvalue weighted by atomic mass is 10.1. The third-order valence-corrected chi connectivity index (χ3v) is 13.2. The maximum absolute atomic E-state index is 11.5. The summed E-state index contributed by atoms with van der Waals surface area (Å²) >= 11 is 0. The summed E-state index contributed by atoms with van der Waals surface area (Å²) in [5.41, 5.74) is 2.97. The molecule has 0 radical (unpaired) electrons. The van der Waals surface area contributed by atoms with Crippen molar-refractivity contribution >= 4 is 17.6 Å². The molecule has 1 aromatic heterocycles. The molecule has 2 heterocycles. The van der Waals surface area contributed by atoms with E-state index >= 15 is 0 Å². The average molecular weight is 979 g/mol. The van der Waals surface area contributed by atoms with Crippen LogP contribution in [0.25, 0.3) is 22.9 Å². The van der Waals surface area contributed by atoms with Gasteiger partial charge in [0.05, 0.1) is 25.5 Å². The molecule has 4 aromatic rings. The first-order valence-corrected chi connectivity index (χ1v) is 28.3. The predicted molar refractivity (Wildman–Crippen MR) is 290 cm³/mol. The molecule has 11 heteroatoms. The topological polar surface area (TPSA) is 118 Å². The Bertz CT molecular complexity index is 2040. The molecule has 0 fully saturated rings. The minimum absolute atomic E-state index is 0.211. The zero-order valence-corrected chi connectivity index (χ0v) is 44.5. The first-order valence-electron chi connectivity index (χ1n) is 28.3. The summed E-state index contributed by atoms with van der Waals surface area (Å²) in [5.74, 6) is 3.21. The fourth-order valence-corrected chi connectivity index (χ4v) is 9.04. The minimum atomic E-state index is -0.387. The number of aromatic nitrogens is 2. The van der Waals surface area contributed by atoms with Crippen molar-refractivity contribution in [3.05, 3.63) is 66.2 Å². The fraction of sp³-hybridized carbons (Fsp3) is 0.633. The molecule has 3 aromatic carbocycles. The SMILES string of the molecule is CCCCCCCCCCCCOc1cc(-c2nnc(-c3cccc(N4COC(c5cccc(OC(C)=O)c5)=N4)c3)o2)cc(OCCCCCCCCCCCC)c1OCCCCCCCCCCCC. The largest absolute Gasteiger partial charge is 0.490 e. The summed E-state index contributed by atoms with van der Waals surface area (Å²) in [6.07, 6.45) is 37.9. The molecule has 0 saturated carbocycles. The second kappa shape index (κ2) is 35.1. The zero-order chi connectivity index (χ0) is 50.0. The molecule has 0 unspecified atom stereocenters. The molecule has 0 saturated heterocycles. The van der Waals surface area contributed by atoms with Crippen LogP contribution < -0.4 is 24.0 Å². The molecule has 5 rings (SSSR count). The Morgan fingerprint density at radius 2 is 0.944 bits per heavy atom. The van der Waals surface area contributed by atoms with Gasteiger partial charge in [-0.15, -0.1) is 15.3 Å². The third-order valence-electron chi connectivity index (χ3n) is 13.2. The van der Waals surface area contributed by atoms with Gasteiger partial charge in [-0.2, -0.15) is 0 Å². The number of rotatable bonds is 41. The van der Waals surface area contributed by atoms with Gasteiger partial charge in [-0.3, -0.25) is 4.79 Å². The highest BCUT2D eigenvalue weighted by molar-refractivity contribution is 5.96. The maximum Gasteiger partial charge on any atom is 0.308 e. The van der Waals surface area contributed by atoms with Crippen molar-refractivity contribution < 1.29 is 32.9 Å². The Labute approximate surface area is 428 Å². The smallest absolute Gasteiger partial charge is 0.308 e. The molecule has 0 spiro atoms. The number of nitrogens with zero attached hydrogens (tertiary/aromatic N) is 4. The van der Waals surface area contributed by atoms with E-state index in [0.29, 0.717) is 66.1 Å². The summed E-state index contributed by atoms with van der Waals surface area (Å²) in [6.45, 7) is 10.2. The van der Waals surface area contributed by atoms with Gasteiger partial charge in [0.2, 0.25) is 23.4 Å². The highest BCUT2D eigenvalue weighted by Crippen LogP contribution is 2.43. The second-order valence-electron chi connectivity index (χ2n) is 19.6. The predicted octanol–water partition coefficient (Wildman–Crippen LogP) is 17.4. The Hall–Kier alpha value is -5.06. The number of carbonyl (C=O) groups excluding carboxylic acids is 1. The molecule has 392 valence electrons. The average Bonchev–Trinajstić information content (AvgIpc) is 4.09. The van der Waals surface area contributed by atoms with Crippen molar-refractivity contribution in [2.24, 2.45) is 5.10 Å². The van der Waals surface area contributed by atoms with Crippen LogP contribution in [0.15, 0.2) is 70.2 Å². The zero-order valence-electron chi connectivity index (χ0n) is 44.5. The molecule has 0 atom stereocenters. The minimum Gasteiger partial charge on any atom is -0.490 e. The Morgan fingerprint density at radius 1 is 0.507 bits per heavy atom. The number of hydrazone groups is 1. The standard InChI is InChI=1S/C60H90N4O7/c1-5-8-11-14-17-20-23-26-29-32-41-66-55-46-52(47-56(67-42-33-30-27-24-21-18-15-12-9-6-2)57(55)68-43-34-31-28-25-22-19-16-13-10-7-3)59-62-61-58(71-59)50-37-35-39-53(44-50)64-48-69-60(63-64)51-38-36-40-54(45-51)70-49(4)65/h35-40,44-47H,5-34,41-43,48H2,1-4H3. The molecule has 1 aliphatic rings. The van der Waals surface area contributed by atoms with Gasteiger partial charge in [-0.25, -0.2) is 5.01 Å². The highest BCUT2D eigenvalue weighted by atomic mass is 16.5. The van der Waals surface area contributed by atoms with Crippen molar-refractivity contribution in [2.45, 2.75) is 220 Å². The van der Waals surface area contributed by atoms with E-state index in [4.69, 9.17) is 33.2 Å². The molecular formula is C60H90N4O7. The number of carbonyl (C=O) groups is 1. The molecule has 71 heavy (non-hydrogen) atoms. The van der Waals surface area contributed by atoms with Crippen LogP contribution in [0.5, 0.6) is 23.0 Å². The van der Waals surface area contributed by atoms with Crippen LogP contribution in [0.2, 0.25) is 0 Å². The van der Waals surface area contributed by atoms with E-state index in [9.17, 15) is 4.79 Å². The van der Waals surface area contributed by atoms with Crippen molar-refractivity contribution in [1.82, 2.24) is 10.2 Å².